The average molecular weight is 414 g/mol. The van der Waals surface area contributed by atoms with Gasteiger partial charge in [-0.1, -0.05) is 12.1 Å². The molecule has 0 aliphatic carbocycles. The summed E-state index contributed by atoms with van der Waals surface area (Å²) in [6.07, 6.45) is 0. The summed E-state index contributed by atoms with van der Waals surface area (Å²) in [6, 6.07) is 10.3. The van der Waals surface area contributed by atoms with Crippen molar-refractivity contribution >= 4 is 34.4 Å². The fraction of sp³-hybridized carbons (Fsp3) is 0.0667. The molecule has 0 bridgehead atoms. The van der Waals surface area contributed by atoms with E-state index in [9.17, 15) is 14.0 Å². The highest BCUT2D eigenvalue weighted by atomic mass is 127. The highest BCUT2D eigenvalue weighted by Gasteiger charge is 2.13. The number of halogens is 2. The maximum atomic E-state index is 13.4. The fourth-order valence-corrected chi connectivity index (χ4v) is 2.44. The zero-order chi connectivity index (χ0) is 16.1. The third-order valence-electron chi connectivity index (χ3n) is 2.82. The minimum absolute atomic E-state index is 0.146. The lowest BCUT2D eigenvalue weighted by molar-refractivity contribution is 0.0844. The first-order valence-electron chi connectivity index (χ1n) is 6.21. The van der Waals surface area contributed by atoms with E-state index in [1.165, 1.54) is 31.4 Å². The minimum atomic E-state index is -0.727. The number of rotatable bonds is 3. The molecule has 2 N–H and O–H groups in total. The molecule has 0 fully saturated rings. The molecule has 0 spiro atoms. The number of hydrogen-bond acceptors (Lipinski definition) is 3. The van der Waals surface area contributed by atoms with Gasteiger partial charge >= 0.3 is 0 Å². The van der Waals surface area contributed by atoms with Crippen molar-refractivity contribution in [2.24, 2.45) is 0 Å². The van der Waals surface area contributed by atoms with Crippen LogP contribution >= 0.6 is 22.6 Å². The third-order valence-corrected chi connectivity index (χ3v) is 3.67. The van der Waals surface area contributed by atoms with E-state index < -0.39 is 17.6 Å². The summed E-state index contributed by atoms with van der Waals surface area (Å²) in [6.45, 7) is 0. The van der Waals surface area contributed by atoms with Crippen LogP contribution in [0, 0.1) is 9.39 Å². The van der Waals surface area contributed by atoms with Gasteiger partial charge in [0.2, 0.25) is 0 Å². The monoisotopic (exact) mass is 414 g/mol. The molecule has 22 heavy (non-hydrogen) atoms. The lowest BCUT2D eigenvalue weighted by Crippen LogP contribution is -2.41. The van der Waals surface area contributed by atoms with Crippen molar-refractivity contribution in [1.29, 1.82) is 0 Å². The van der Waals surface area contributed by atoms with Gasteiger partial charge in [0.15, 0.2) is 0 Å². The zero-order valence-electron chi connectivity index (χ0n) is 11.5. The van der Waals surface area contributed by atoms with E-state index in [0.717, 1.165) is 3.57 Å². The summed E-state index contributed by atoms with van der Waals surface area (Å²) in [5.41, 5.74) is 4.61. The van der Waals surface area contributed by atoms with Crippen LogP contribution in [-0.2, 0) is 0 Å². The molecule has 2 amide bonds. The maximum Gasteiger partial charge on any atom is 0.272 e. The molecule has 2 aromatic rings. The molecular weight excluding hydrogens is 402 g/mol. The van der Waals surface area contributed by atoms with Crippen LogP contribution in [0.2, 0.25) is 0 Å². The van der Waals surface area contributed by atoms with Crippen LogP contribution in [0.5, 0.6) is 5.75 Å². The molecule has 0 atom stereocenters. The van der Waals surface area contributed by atoms with E-state index in [-0.39, 0.29) is 5.56 Å². The number of hydrazine groups is 1. The number of hydrogen-bond donors (Lipinski definition) is 2. The summed E-state index contributed by atoms with van der Waals surface area (Å²) in [5, 5.41) is 0. The van der Waals surface area contributed by atoms with Crippen molar-refractivity contribution in [1.82, 2.24) is 10.9 Å². The Labute approximate surface area is 140 Å². The number of ether oxygens (including phenoxy) is 1. The van der Waals surface area contributed by atoms with Crippen LogP contribution in [-0.4, -0.2) is 18.9 Å². The van der Waals surface area contributed by atoms with Crippen molar-refractivity contribution in [3.63, 3.8) is 0 Å². The Morgan fingerprint density at radius 2 is 1.77 bits per heavy atom. The van der Waals surface area contributed by atoms with Gasteiger partial charge in [-0.3, -0.25) is 20.4 Å². The summed E-state index contributed by atoms with van der Waals surface area (Å²) < 4.78 is 19.3. The van der Waals surface area contributed by atoms with Crippen molar-refractivity contribution in [2.45, 2.75) is 0 Å². The lowest BCUT2D eigenvalue weighted by Gasteiger charge is -2.09. The highest BCUT2D eigenvalue weighted by Crippen LogP contribution is 2.21. The Hall–Kier alpha value is -2.16. The summed E-state index contributed by atoms with van der Waals surface area (Å²) in [4.78, 5) is 23.7. The predicted molar refractivity (Wildman–Crippen MR) is 87.0 cm³/mol. The van der Waals surface area contributed by atoms with Crippen LogP contribution in [0.25, 0.3) is 0 Å². The van der Waals surface area contributed by atoms with Crippen LogP contribution < -0.4 is 15.6 Å². The molecule has 5 nitrogen and oxygen atoms in total. The largest absolute Gasteiger partial charge is 0.496 e. The first-order chi connectivity index (χ1) is 10.5. The Kier molecular flexibility index (Phi) is 5.31. The highest BCUT2D eigenvalue weighted by molar-refractivity contribution is 14.1. The number of benzene rings is 2. The van der Waals surface area contributed by atoms with Gasteiger partial charge < -0.3 is 4.74 Å². The molecule has 7 heteroatoms. The lowest BCUT2D eigenvalue weighted by atomic mass is 10.2. The van der Waals surface area contributed by atoms with Crippen molar-refractivity contribution < 1.29 is 18.7 Å². The van der Waals surface area contributed by atoms with Gasteiger partial charge in [0, 0.05) is 5.56 Å². The van der Waals surface area contributed by atoms with Gasteiger partial charge in [-0.2, -0.15) is 0 Å². The number of nitrogens with one attached hydrogen (secondary N) is 2. The van der Waals surface area contributed by atoms with Crippen molar-refractivity contribution in [3.8, 4) is 5.75 Å². The standard InChI is InChI=1S/C15H12FIN2O3/c1-22-13-7-6-9(8-12(13)17)14(20)18-19-15(21)10-4-2-3-5-11(10)16/h2-8H,1H3,(H,18,20)(H,19,21). The van der Waals surface area contributed by atoms with Gasteiger partial charge in [0.05, 0.1) is 16.2 Å². The van der Waals surface area contributed by atoms with Crippen LogP contribution in [0.1, 0.15) is 20.7 Å². The smallest absolute Gasteiger partial charge is 0.272 e. The van der Waals surface area contributed by atoms with Crippen molar-refractivity contribution in [2.75, 3.05) is 7.11 Å². The van der Waals surface area contributed by atoms with E-state index in [1.807, 2.05) is 22.6 Å². The Bertz CT molecular complexity index is 722. The molecule has 0 aromatic heterocycles. The van der Waals surface area contributed by atoms with Crippen LogP contribution in [0.3, 0.4) is 0 Å². The average Bonchev–Trinajstić information content (AvgIpc) is 2.52. The number of amides is 2. The van der Waals surface area contributed by atoms with Crippen molar-refractivity contribution in [3.05, 3.63) is 63.0 Å². The molecule has 0 saturated heterocycles. The minimum Gasteiger partial charge on any atom is -0.496 e. The fourth-order valence-electron chi connectivity index (χ4n) is 1.71. The second-order valence-corrected chi connectivity index (χ2v) is 5.40. The molecule has 0 aliphatic heterocycles. The summed E-state index contributed by atoms with van der Waals surface area (Å²) >= 11 is 2.03. The van der Waals surface area contributed by atoms with E-state index in [0.29, 0.717) is 11.3 Å². The maximum absolute atomic E-state index is 13.4. The number of methoxy groups -OCH3 is 1. The normalized spacial score (nSPS) is 9.95. The topological polar surface area (TPSA) is 67.4 Å². The molecule has 0 heterocycles. The predicted octanol–water partition coefficient (Wildman–Crippen LogP) is 2.51. The van der Waals surface area contributed by atoms with E-state index in [2.05, 4.69) is 10.9 Å². The van der Waals surface area contributed by atoms with E-state index in [4.69, 9.17) is 4.74 Å². The number of carbonyl (C=O) groups excluding carboxylic acids is 2. The molecule has 0 unspecified atom stereocenters. The van der Waals surface area contributed by atoms with Gasteiger partial charge in [-0.05, 0) is 52.9 Å². The molecule has 114 valence electrons. The molecule has 0 saturated carbocycles. The van der Waals surface area contributed by atoms with E-state index in [1.54, 1.807) is 18.2 Å². The zero-order valence-corrected chi connectivity index (χ0v) is 13.7. The first kappa shape index (κ1) is 16.2. The van der Waals surface area contributed by atoms with Gasteiger partial charge in [-0.15, -0.1) is 0 Å². The SMILES string of the molecule is COc1ccc(C(=O)NNC(=O)c2ccccc2F)cc1I. The summed E-state index contributed by atoms with van der Waals surface area (Å²) in [7, 11) is 1.53. The summed E-state index contributed by atoms with van der Waals surface area (Å²) in [5.74, 6) is -1.25. The van der Waals surface area contributed by atoms with Crippen LogP contribution in [0.4, 0.5) is 4.39 Å². The second kappa shape index (κ2) is 7.21. The van der Waals surface area contributed by atoms with Gasteiger partial charge in [0.25, 0.3) is 11.8 Å². The van der Waals surface area contributed by atoms with Gasteiger partial charge in [-0.25, -0.2) is 4.39 Å². The Morgan fingerprint density at radius 1 is 1.09 bits per heavy atom. The molecule has 2 rings (SSSR count). The van der Waals surface area contributed by atoms with Gasteiger partial charge in [0.1, 0.15) is 11.6 Å². The quantitative estimate of drug-likeness (QED) is 0.600. The third kappa shape index (κ3) is 3.73. The van der Waals surface area contributed by atoms with Crippen LogP contribution in [0.15, 0.2) is 42.5 Å². The second-order valence-electron chi connectivity index (χ2n) is 4.24. The van der Waals surface area contributed by atoms with E-state index >= 15 is 0 Å². The first-order valence-corrected chi connectivity index (χ1v) is 7.29. The number of carbonyl (C=O) groups is 2. The molecule has 0 radical (unpaired) electrons. The Balaban J connectivity index is 2.02. The molecular formula is C15H12FIN2O3. The molecule has 0 aliphatic rings. The Morgan fingerprint density at radius 3 is 2.41 bits per heavy atom. The molecule has 2 aromatic carbocycles.